The Labute approximate surface area is 267 Å². The molecule has 0 fully saturated rings. The van der Waals surface area contributed by atoms with Crippen molar-refractivity contribution >= 4 is 23.8 Å². The fourth-order valence-electron chi connectivity index (χ4n) is 3.40. The number of benzene rings is 2. The van der Waals surface area contributed by atoms with Crippen molar-refractivity contribution < 1.29 is 38.1 Å². The van der Waals surface area contributed by atoms with Gasteiger partial charge in [-0.2, -0.15) is 0 Å². The van der Waals surface area contributed by atoms with Crippen molar-refractivity contribution in [2.45, 2.75) is 87.8 Å². The van der Waals surface area contributed by atoms with Crippen LogP contribution in [0, 0.1) is 16.2 Å². The minimum absolute atomic E-state index is 0.0340. The van der Waals surface area contributed by atoms with Gasteiger partial charge in [0.05, 0.1) is 16.2 Å². The SMILES string of the molecule is CC(C)(CNC(=O)COc1ccccc1)NCC(OC(=O)C(C)(C)C)c1ccc(OC(=O)C(C)(C)C)c(OC(=O)C(C)(C)C)c1. The van der Waals surface area contributed by atoms with Gasteiger partial charge < -0.3 is 29.6 Å². The van der Waals surface area contributed by atoms with Crippen LogP contribution in [0.2, 0.25) is 0 Å². The predicted octanol–water partition coefficient (Wildman–Crippen LogP) is 5.78. The maximum atomic E-state index is 13.0. The van der Waals surface area contributed by atoms with E-state index in [1.807, 2.05) is 32.0 Å². The van der Waals surface area contributed by atoms with Crippen LogP contribution in [0.3, 0.4) is 0 Å². The fourth-order valence-corrected chi connectivity index (χ4v) is 3.40. The topological polar surface area (TPSA) is 129 Å². The molecule has 0 aromatic heterocycles. The van der Waals surface area contributed by atoms with Crippen molar-refractivity contribution in [1.29, 1.82) is 0 Å². The summed E-state index contributed by atoms with van der Waals surface area (Å²) in [6, 6.07) is 13.8. The molecule has 2 N–H and O–H groups in total. The van der Waals surface area contributed by atoms with E-state index in [4.69, 9.17) is 18.9 Å². The van der Waals surface area contributed by atoms with Gasteiger partial charge in [0.1, 0.15) is 11.9 Å². The number of hydrogen-bond donors (Lipinski definition) is 2. The second kappa shape index (κ2) is 14.9. The molecule has 0 heterocycles. The summed E-state index contributed by atoms with van der Waals surface area (Å²) in [4.78, 5) is 51.0. The van der Waals surface area contributed by atoms with Gasteiger partial charge in [-0.3, -0.25) is 19.2 Å². The van der Waals surface area contributed by atoms with E-state index in [2.05, 4.69) is 10.6 Å². The molecule has 2 aromatic rings. The van der Waals surface area contributed by atoms with Crippen LogP contribution in [0.25, 0.3) is 0 Å². The summed E-state index contributed by atoms with van der Waals surface area (Å²) < 4.78 is 22.8. The number of rotatable bonds is 12. The monoisotopic (exact) mass is 626 g/mol. The summed E-state index contributed by atoms with van der Waals surface area (Å²) in [6.07, 6.45) is -0.812. The largest absolute Gasteiger partial charge is 0.484 e. The third-order valence-electron chi connectivity index (χ3n) is 6.44. The first-order valence-corrected chi connectivity index (χ1v) is 15.1. The maximum Gasteiger partial charge on any atom is 0.316 e. The van der Waals surface area contributed by atoms with Crippen molar-refractivity contribution in [3.05, 3.63) is 54.1 Å². The lowest BCUT2D eigenvalue weighted by Crippen LogP contribution is -2.51. The van der Waals surface area contributed by atoms with Gasteiger partial charge in [0.2, 0.25) is 0 Å². The lowest BCUT2D eigenvalue weighted by molar-refractivity contribution is -0.159. The van der Waals surface area contributed by atoms with Crippen LogP contribution in [-0.2, 0) is 23.9 Å². The van der Waals surface area contributed by atoms with Crippen LogP contribution in [0.1, 0.15) is 87.8 Å². The lowest BCUT2D eigenvalue weighted by Gasteiger charge is -2.31. The Balaban J connectivity index is 2.29. The lowest BCUT2D eigenvalue weighted by atomic mass is 9.96. The molecule has 0 saturated heterocycles. The second-order valence-corrected chi connectivity index (χ2v) is 14.8. The highest BCUT2D eigenvalue weighted by atomic mass is 16.6. The van der Waals surface area contributed by atoms with E-state index in [1.54, 1.807) is 86.6 Å². The molecule has 10 heteroatoms. The first-order chi connectivity index (χ1) is 20.6. The van der Waals surface area contributed by atoms with Crippen molar-refractivity contribution in [2.24, 2.45) is 16.2 Å². The molecule has 2 rings (SSSR count). The zero-order valence-electron chi connectivity index (χ0n) is 28.6. The van der Waals surface area contributed by atoms with Crippen molar-refractivity contribution in [1.82, 2.24) is 10.6 Å². The van der Waals surface area contributed by atoms with Gasteiger partial charge in [-0.15, -0.1) is 0 Å². The highest BCUT2D eigenvalue weighted by Gasteiger charge is 2.32. The summed E-state index contributed by atoms with van der Waals surface area (Å²) >= 11 is 0. The average molecular weight is 627 g/mol. The summed E-state index contributed by atoms with van der Waals surface area (Å²) in [6.45, 7) is 19.7. The molecule has 10 nitrogen and oxygen atoms in total. The van der Waals surface area contributed by atoms with E-state index in [0.29, 0.717) is 11.3 Å². The van der Waals surface area contributed by atoms with Gasteiger partial charge in [-0.25, -0.2) is 0 Å². The molecule has 0 bridgehead atoms. The molecule has 45 heavy (non-hydrogen) atoms. The molecule has 0 aliphatic rings. The van der Waals surface area contributed by atoms with E-state index in [-0.39, 0.29) is 37.1 Å². The van der Waals surface area contributed by atoms with Gasteiger partial charge in [0.15, 0.2) is 18.1 Å². The normalized spacial score (nSPS) is 13.0. The van der Waals surface area contributed by atoms with Crippen LogP contribution in [-0.4, -0.2) is 49.1 Å². The van der Waals surface area contributed by atoms with Gasteiger partial charge in [0, 0.05) is 18.6 Å². The van der Waals surface area contributed by atoms with Crippen LogP contribution >= 0.6 is 0 Å². The Hall–Kier alpha value is -3.92. The van der Waals surface area contributed by atoms with Crippen LogP contribution in [0.5, 0.6) is 17.2 Å². The molecular formula is C35H50N2O8. The molecule has 0 radical (unpaired) electrons. The number of carbonyl (C=O) groups is 4. The molecule has 1 atom stereocenters. The number of amides is 1. The highest BCUT2D eigenvalue weighted by Crippen LogP contribution is 2.35. The fraction of sp³-hybridized carbons (Fsp3) is 0.543. The molecular weight excluding hydrogens is 576 g/mol. The molecule has 0 aliphatic heterocycles. The van der Waals surface area contributed by atoms with Gasteiger partial charge >= 0.3 is 17.9 Å². The van der Waals surface area contributed by atoms with Gasteiger partial charge in [-0.05, 0) is 106 Å². The standard InChI is InChI=1S/C35H50N2O8/c1-32(2,3)29(39)43-25-18-17-23(19-26(25)44-30(40)33(4,5)6)27(45-31(41)34(7,8)9)20-37-35(10,11)22-36-28(38)21-42-24-15-13-12-14-16-24/h12-19,27,37H,20-22H2,1-11H3,(H,36,38). The Morgan fingerprint density at radius 1 is 0.689 bits per heavy atom. The van der Waals surface area contributed by atoms with Crippen LogP contribution < -0.4 is 24.8 Å². The number of esters is 3. The first-order valence-electron chi connectivity index (χ1n) is 15.1. The molecule has 0 spiro atoms. The number of para-hydroxylation sites is 1. The van der Waals surface area contributed by atoms with E-state index in [0.717, 1.165) is 0 Å². The van der Waals surface area contributed by atoms with Crippen LogP contribution in [0.4, 0.5) is 0 Å². The molecule has 248 valence electrons. The van der Waals surface area contributed by atoms with Crippen molar-refractivity contribution in [3.63, 3.8) is 0 Å². The molecule has 0 saturated carbocycles. The van der Waals surface area contributed by atoms with Crippen molar-refractivity contribution in [3.8, 4) is 17.2 Å². The molecule has 1 unspecified atom stereocenters. The Kier molecular flexibility index (Phi) is 12.3. The van der Waals surface area contributed by atoms with E-state index in [1.165, 1.54) is 6.07 Å². The number of ether oxygens (including phenoxy) is 4. The van der Waals surface area contributed by atoms with Gasteiger partial charge in [-0.1, -0.05) is 24.3 Å². The average Bonchev–Trinajstić information content (AvgIpc) is 2.92. The smallest absolute Gasteiger partial charge is 0.316 e. The highest BCUT2D eigenvalue weighted by molar-refractivity contribution is 5.81. The van der Waals surface area contributed by atoms with E-state index >= 15 is 0 Å². The van der Waals surface area contributed by atoms with E-state index < -0.39 is 45.8 Å². The number of carbonyl (C=O) groups excluding carboxylic acids is 4. The quantitative estimate of drug-likeness (QED) is 0.222. The van der Waals surface area contributed by atoms with E-state index in [9.17, 15) is 19.2 Å². The Bertz CT molecular complexity index is 1330. The zero-order valence-corrected chi connectivity index (χ0v) is 28.6. The minimum atomic E-state index is -0.832. The van der Waals surface area contributed by atoms with Crippen molar-refractivity contribution in [2.75, 3.05) is 19.7 Å². The van der Waals surface area contributed by atoms with Crippen LogP contribution in [0.15, 0.2) is 48.5 Å². The van der Waals surface area contributed by atoms with Gasteiger partial charge in [0.25, 0.3) is 5.91 Å². The summed E-state index contributed by atoms with van der Waals surface area (Å²) in [5.74, 6) is -1.04. The molecule has 2 aromatic carbocycles. The summed E-state index contributed by atoms with van der Waals surface area (Å²) in [5, 5.41) is 6.23. The minimum Gasteiger partial charge on any atom is -0.484 e. The maximum absolute atomic E-state index is 13.0. The third kappa shape index (κ3) is 12.5. The Morgan fingerprint density at radius 2 is 1.22 bits per heavy atom. The number of hydrogen-bond acceptors (Lipinski definition) is 9. The second-order valence-electron chi connectivity index (χ2n) is 14.8. The summed E-state index contributed by atoms with van der Waals surface area (Å²) in [5.41, 5.74) is -2.51. The molecule has 1 amide bonds. The predicted molar refractivity (Wildman–Crippen MR) is 172 cm³/mol. The Morgan fingerprint density at radius 3 is 1.76 bits per heavy atom. The molecule has 0 aliphatic carbocycles. The summed E-state index contributed by atoms with van der Waals surface area (Å²) in [7, 11) is 0. The third-order valence-corrected chi connectivity index (χ3v) is 6.44. The first kappa shape index (κ1) is 37.3. The number of nitrogens with one attached hydrogen (secondary N) is 2. The zero-order chi connectivity index (χ0) is 34.2.